The molecule has 2 aromatic heterocycles. The minimum absolute atomic E-state index is 0.163. The van der Waals surface area contributed by atoms with Crippen molar-refractivity contribution in [2.24, 2.45) is 0 Å². The molecule has 1 N–H and O–H groups in total. The monoisotopic (exact) mass is 471 g/mol. The van der Waals surface area contributed by atoms with E-state index in [-0.39, 0.29) is 11.7 Å². The molecule has 0 aliphatic carbocycles. The van der Waals surface area contributed by atoms with E-state index in [9.17, 15) is 10.1 Å². The summed E-state index contributed by atoms with van der Waals surface area (Å²) in [6.07, 6.45) is 2.31. The Balaban J connectivity index is 1.68. The topological polar surface area (TPSA) is 83.6 Å². The van der Waals surface area contributed by atoms with Gasteiger partial charge in [0.1, 0.15) is 11.9 Å². The number of carbonyl (C=O) groups is 1. The van der Waals surface area contributed by atoms with Gasteiger partial charge in [0.05, 0.1) is 11.3 Å². The molecule has 0 unspecified atom stereocenters. The number of nitriles is 1. The molecule has 2 heterocycles. The van der Waals surface area contributed by atoms with E-state index in [4.69, 9.17) is 0 Å². The molecule has 0 radical (unpaired) electrons. The van der Waals surface area contributed by atoms with Crippen molar-refractivity contribution < 1.29 is 4.79 Å². The minimum atomic E-state index is -0.163. The molecule has 162 valence electrons. The number of carbonyl (C=O) groups excluding carboxylic acids is 1. The fourth-order valence-electron chi connectivity index (χ4n) is 3.01. The average Bonchev–Trinajstić information content (AvgIpc) is 3.31. The zero-order chi connectivity index (χ0) is 22.2. The van der Waals surface area contributed by atoms with Crippen LogP contribution in [-0.2, 0) is 11.3 Å². The summed E-state index contributed by atoms with van der Waals surface area (Å²) >= 11 is 4.59. The second-order valence-electron chi connectivity index (χ2n) is 6.99. The Morgan fingerprint density at radius 1 is 1.19 bits per heavy atom. The second-order valence-corrected chi connectivity index (χ2v) is 10.5. The first-order chi connectivity index (χ1) is 15.0. The first-order valence-corrected chi connectivity index (χ1v) is 12.8. The summed E-state index contributed by atoms with van der Waals surface area (Å²) in [5.41, 5.74) is 3.48. The Labute approximate surface area is 195 Å². The highest BCUT2D eigenvalue weighted by atomic mass is 32.2. The van der Waals surface area contributed by atoms with Gasteiger partial charge in [0.25, 0.3) is 0 Å². The summed E-state index contributed by atoms with van der Waals surface area (Å²) in [6, 6.07) is 12.3. The van der Waals surface area contributed by atoms with E-state index in [0.717, 1.165) is 44.1 Å². The number of aromatic nitrogens is 3. The Morgan fingerprint density at radius 2 is 1.90 bits per heavy atom. The van der Waals surface area contributed by atoms with Crippen LogP contribution in [0.4, 0.5) is 5.82 Å². The smallest absolute Gasteiger partial charge is 0.235 e. The van der Waals surface area contributed by atoms with Crippen LogP contribution in [0.2, 0.25) is 0 Å². The molecule has 3 rings (SSSR count). The fraction of sp³-hybridized carbons (Fsp3) is 0.364. The maximum Gasteiger partial charge on any atom is 0.235 e. The number of rotatable bonds is 10. The number of anilines is 1. The molecule has 0 saturated carbocycles. The van der Waals surface area contributed by atoms with Gasteiger partial charge in [-0.2, -0.15) is 5.26 Å². The number of hydrogen-bond acceptors (Lipinski definition) is 7. The summed E-state index contributed by atoms with van der Waals surface area (Å²) < 4.78 is 3.71. The number of hydrogen-bond donors (Lipinski definition) is 1. The predicted molar refractivity (Wildman–Crippen MR) is 129 cm³/mol. The van der Waals surface area contributed by atoms with E-state index >= 15 is 0 Å². The Bertz CT molecular complexity index is 1070. The predicted octanol–water partition coefficient (Wildman–Crippen LogP) is 5.50. The summed E-state index contributed by atoms with van der Waals surface area (Å²) in [5.74, 6) is 1.64. The van der Waals surface area contributed by atoms with Crippen LogP contribution in [0.5, 0.6) is 0 Å². The van der Waals surface area contributed by atoms with Crippen LogP contribution in [0.25, 0.3) is 0 Å². The van der Waals surface area contributed by atoms with Crippen LogP contribution in [0.1, 0.15) is 42.1 Å². The van der Waals surface area contributed by atoms with Gasteiger partial charge in [0, 0.05) is 18.0 Å². The quantitative estimate of drug-likeness (QED) is 0.310. The average molecular weight is 472 g/mol. The molecule has 0 saturated heterocycles. The molecule has 3 aromatic rings. The number of nitrogens with zero attached hydrogens (tertiary/aromatic N) is 4. The number of benzene rings is 1. The fourth-order valence-corrected chi connectivity index (χ4v) is 5.98. The Kier molecular flexibility index (Phi) is 8.58. The lowest BCUT2D eigenvalue weighted by molar-refractivity contribution is -0.113. The normalized spacial score (nSPS) is 10.8. The molecule has 0 aliphatic heterocycles. The second kappa shape index (κ2) is 11.4. The number of unbranched alkanes of at least 4 members (excludes halogenated alkanes) is 1. The first kappa shape index (κ1) is 23.4. The summed E-state index contributed by atoms with van der Waals surface area (Å²) in [5, 5.41) is 21.0. The largest absolute Gasteiger partial charge is 0.326 e. The van der Waals surface area contributed by atoms with E-state index < -0.39 is 0 Å². The summed E-state index contributed by atoms with van der Waals surface area (Å²) in [7, 11) is 0. The lowest BCUT2D eigenvalue weighted by Gasteiger charge is -2.13. The maximum atomic E-state index is 12.7. The van der Waals surface area contributed by atoms with Crippen molar-refractivity contribution in [3.63, 3.8) is 0 Å². The van der Waals surface area contributed by atoms with Crippen molar-refractivity contribution in [1.82, 2.24) is 14.8 Å². The zero-order valence-electron chi connectivity index (χ0n) is 17.8. The minimum Gasteiger partial charge on any atom is -0.326 e. The third-order valence-electron chi connectivity index (χ3n) is 4.82. The van der Waals surface area contributed by atoms with Crippen molar-refractivity contribution in [3.8, 4) is 6.07 Å². The van der Waals surface area contributed by atoms with Gasteiger partial charge in [-0.3, -0.25) is 4.79 Å². The van der Waals surface area contributed by atoms with Crippen LogP contribution in [0, 0.1) is 25.2 Å². The van der Waals surface area contributed by atoms with Crippen molar-refractivity contribution in [3.05, 3.63) is 52.7 Å². The molecule has 9 heteroatoms. The zero-order valence-corrected chi connectivity index (χ0v) is 20.3. The van der Waals surface area contributed by atoms with Gasteiger partial charge < -0.3 is 9.88 Å². The van der Waals surface area contributed by atoms with Gasteiger partial charge in [-0.05, 0) is 31.4 Å². The standard InChI is InChI=1S/C22H25N5OS3/c1-4-5-11-29-21-25-26-22(31-21)30-14-19(28)24-20-18(12-23)15(2)16(3)27(20)13-17-9-7-6-8-10-17/h6-10H,4-5,11,13-14H2,1-3H3,(H,24,28). The van der Waals surface area contributed by atoms with Crippen LogP contribution in [-0.4, -0.2) is 32.2 Å². The van der Waals surface area contributed by atoms with Crippen LogP contribution < -0.4 is 5.32 Å². The molecule has 0 atom stereocenters. The molecule has 1 aromatic carbocycles. The van der Waals surface area contributed by atoms with E-state index in [1.165, 1.54) is 23.1 Å². The third kappa shape index (κ3) is 6.12. The number of amides is 1. The Hall–Kier alpha value is -2.28. The molecule has 0 spiro atoms. The van der Waals surface area contributed by atoms with Crippen molar-refractivity contribution >= 4 is 46.6 Å². The summed E-state index contributed by atoms with van der Waals surface area (Å²) in [6.45, 7) is 6.64. The van der Waals surface area contributed by atoms with E-state index in [1.54, 1.807) is 11.8 Å². The molecule has 0 fully saturated rings. The number of nitrogens with one attached hydrogen (secondary N) is 1. The highest BCUT2D eigenvalue weighted by Gasteiger charge is 2.20. The van der Waals surface area contributed by atoms with Crippen molar-refractivity contribution in [2.75, 3.05) is 16.8 Å². The van der Waals surface area contributed by atoms with Gasteiger partial charge in [-0.15, -0.1) is 10.2 Å². The van der Waals surface area contributed by atoms with Crippen molar-refractivity contribution in [2.45, 2.75) is 48.8 Å². The molecular weight excluding hydrogens is 446 g/mol. The van der Waals surface area contributed by atoms with Crippen LogP contribution in [0.3, 0.4) is 0 Å². The molecular formula is C22H25N5OS3. The summed E-state index contributed by atoms with van der Waals surface area (Å²) in [4.78, 5) is 12.7. The van der Waals surface area contributed by atoms with Gasteiger partial charge in [0.15, 0.2) is 8.68 Å². The van der Waals surface area contributed by atoms with E-state index in [0.29, 0.717) is 17.9 Å². The lowest BCUT2D eigenvalue weighted by atomic mass is 10.2. The van der Waals surface area contributed by atoms with Gasteiger partial charge >= 0.3 is 0 Å². The lowest BCUT2D eigenvalue weighted by Crippen LogP contribution is -2.18. The van der Waals surface area contributed by atoms with Crippen LogP contribution >= 0.6 is 34.9 Å². The van der Waals surface area contributed by atoms with Gasteiger partial charge in [0.2, 0.25) is 5.91 Å². The molecule has 0 aliphatic rings. The molecule has 31 heavy (non-hydrogen) atoms. The van der Waals surface area contributed by atoms with E-state index in [1.807, 2.05) is 48.7 Å². The van der Waals surface area contributed by atoms with Crippen LogP contribution in [0.15, 0.2) is 39.0 Å². The molecule has 1 amide bonds. The third-order valence-corrected chi connectivity index (χ3v) is 8.10. The first-order valence-electron chi connectivity index (χ1n) is 10.1. The van der Waals surface area contributed by atoms with Gasteiger partial charge in [-0.25, -0.2) is 0 Å². The highest BCUT2D eigenvalue weighted by Crippen LogP contribution is 2.30. The molecule has 6 nitrogen and oxygen atoms in total. The van der Waals surface area contributed by atoms with E-state index in [2.05, 4.69) is 28.5 Å². The number of thioether (sulfide) groups is 2. The molecule has 0 bridgehead atoms. The van der Waals surface area contributed by atoms with Crippen molar-refractivity contribution in [1.29, 1.82) is 5.26 Å². The Morgan fingerprint density at radius 3 is 2.58 bits per heavy atom. The highest BCUT2D eigenvalue weighted by molar-refractivity contribution is 8.03. The van der Waals surface area contributed by atoms with Gasteiger partial charge in [-0.1, -0.05) is 78.5 Å². The maximum absolute atomic E-state index is 12.7. The SMILES string of the molecule is CCCCSc1nnc(SCC(=O)Nc2c(C#N)c(C)c(C)n2Cc2ccccc2)s1.